The first-order valence-corrected chi connectivity index (χ1v) is 6.63. The van der Waals surface area contributed by atoms with Gasteiger partial charge in [0.15, 0.2) is 0 Å². The molecule has 0 radical (unpaired) electrons. The molecule has 1 N–H and O–H groups in total. The smallest absolute Gasteiger partial charge is 0.449 e. The summed E-state index contributed by atoms with van der Waals surface area (Å²) in [6.45, 7) is 7.44. The summed E-state index contributed by atoms with van der Waals surface area (Å²) >= 11 is 0. The van der Waals surface area contributed by atoms with Crippen LogP contribution in [0.5, 0.6) is 0 Å². The molecule has 0 amide bonds. The Hall–Kier alpha value is -1.01. The molecule has 0 aliphatic carbocycles. The van der Waals surface area contributed by atoms with Crippen molar-refractivity contribution in [3.8, 4) is 0 Å². The van der Waals surface area contributed by atoms with Crippen LogP contribution in [0.25, 0.3) is 0 Å². The second kappa shape index (κ2) is 11.8. The van der Waals surface area contributed by atoms with Gasteiger partial charge in [0.25, 0.3) is 0 Å². The molecule has 1 aromatic heterocycles. The first kappa shape index (κ1) is 21.3. The van der Waals surface area contributed by atoms with Crippen LogP contribution in [0.3, 0.4) is 0 Å². The van der Waals surface area contributed by atoms with Crippen LogP contribution < -0.4 is 0 Å². The molecule has 6 heteroatoms. The van der Waals surface area contributed by atoms with E-state index in [4.69, 9.17) is 5.11 Å². The van der Waals surface area contributed by atoms with Gasteiger partial charge in [0.1, 0.15) is 0 Å². The number of nitrogens with zero attached hydrogens (tertiary/aromatic N) is 1. The van der Waals surface area contributed by atoms with E-state index in [-0.39, 0.29) is 0 Å². The molecular formula is C14H26F3NO2. The highest BCUT2D eigenvalue weighted by Crippen LogP contribution is 2.28. The van der Waals surface area contributed by atoms with Crippen molar-refractivity contribution >= 4 is 0 Å². The molecule has 20 heavy (non-hydrogen) atoms. The lowest BCUT2D eigenvalue weighted by atomic mass is 10.1. The topological polar surface area (TPSA) is 36.6 Å². The van der Waals surface area contributed by atoms with Crippen LogP contribution in [-0.4, -0.2) is 37.3 Å². The van der Waals surface area contributed by atoms with E-state index < -0.39 is 11.9 Å². The summed E-state index contributed by atoms with van der Waals surface area (Å²) in [7, 11) is 4.09. The van der Waals surface area contributed by atoms with Crippen LogP contribution in [0, 0.1) is 5.92 Å². The number of aliphatic hydroxyl groups is 1. The number of hydrogen-bond acceptors (Lipinski definition) is 3. The number of furan rings is 1. The molecule has 0 bridgehead atoms. The predicted octanol–water partition coefficient (Wildman–Crippen LogP) is 3.89. The maximum atomic E-state index is 11.5. The van der Waals surface area contributed by atoms with Crippen molar-refractivity contribution in [2.75, 3.05) is 27.2 Å². The highest BCUT2D eigenvalue weighted by atomic mass is 19.4. The molecule has 0 fully saturated rings. The van der Waals surface area contributed by atoms with Gasteiger partial charge < -0.3 is 14.4 Å². The van der Waals surface area contributed by atoms with E-state index in [1.807, 2.05) is 27.9 Å². The average Bonchev–Trinajstić information content (AvgIpc) is 2.93. The van der Waals surface area contributed by atoms with Crippen LogP contribution in [0.15, 0.2) is 22.8 Å². The van der Waals surface area contributed by atoms with Crippen LogP contribution in [0.4, 0.5) is 13.2 Å². The summed E-state index contributed by atoms with van der Waals surface area (Å²) in [4.78, 5) is 2.13. The van der Waals surface area contributed by atoms with Gasteiger partial charge >= 0.3 is 6.18 Å². The summed E-state index contributed by atoms with van der Waals surface area (Å²) in [5.74, 6) is -0.505. The lowest BCUT2D eigenvalue weighted by Crippen LogP contribution is -2.16. The van der Waals surface area contributed by atoms with Gasteiger partial charge in [-0.3, -0.25) is 0 Å². The van der Waals surface area contributed by atoms with E-state index >= 15 is 0 Å². The van der Waals surface area contributed by atoms with Crippen LogP contribution in [0.2, 0.25) is 0 Å². The Kier molecular flexibility index (Phi) is 12.5. The molecule has 0 aliphatic heterocycles. The van der Waals surface area contributed by atoms with Gasteiger partial charge in [-0.2, -0.15) is 13.2 Å². The number of rotatable bonds is 4. The molecule has 1 aromatic rings. The van der Waals surface area contributed by atoms with Crippen molar-refractivity contribution in [2.45, 2.75) is 33.4 Å². The quantitative estimate of drug-likeness (QED) is 0.916. The second-order valence-corrected chi connectivity index (χ2v) is 4.35. The number of halogens is 3. The van der Waals surface area contributed by atoms with E-state index in [1.165, 1.54) is 6.07 Å². The fourth-order valence-corrected chi connectivity index (χ4v) is 1.01. The SMILES string of the molecule is CC.CC(CO)CCN(C)C.FC(F)(F)c1ccco1. The second-order valence-electron chi connectivity index (χ2n) is 4.35. The van der Waals surface area contributed by atoms with Gasteiger partial charge in [0, 0.05) is 6.61 Å². The third-order valence-electron chi connectivity index (χ3n) is 2.18. The highest BCUT2D eigenvalue weighted by molar-refractivity contribution is 5.01. The van der Waals surface area contributed by atoms with Gasteiger partial charge in [-0.15, -0.1) is 0 Å². The minimum absolute atomic E-state index is 0.313. The lowest BCUT2D eigenvalue weighted by Gasteiger charge is -2.12. The maximum Gasteiger partial charge on any atom is 0.449 e. The monoisotopic (exact) mass is 297 g/mol. The zero-order valence-corrected chi connectivity index (χ0v) is 12.9. The molecule has 3 nitrogen and oxygen atoms in total. The first-order valence-electron chi connectivity index (χ1n) is 6.63. The van der Waals surface area contributed by atoms with Gasteiger partial charge in [-0.05, 0) is 45.1 Å². The van der Waals surface area contributed by atoms with Crippen molar-refractivity contribution in [1.29, 1.82) is 0 Å². The largest absolute Gasteiger partial charge is 0.460 e. The highest BCUT2D eigenvalue weighted by Gasteiger charge is 2.33. The van der Waals surface area contributed by atoms with E-state index in [0.29, 0.717) is 12.5 Å². The first-order chi connectivity index (χ1) is 9.27. The molecule has 0 aliphatic rings. The Morgan fingerprint density at radius 3 is 2.10 bits per heavy atom. The fraction of sp³-hybridized carbons (Fsp3) is 0.714. The van der Waals surface area contributed by atoms with Gasteiger partial charge in [0.05, 0.1) is 6.26 Å². The zero-order valence-electron chi connectivity index (χ0n) is 12.9. The molecule has 0 saturated carbocycles. The van der Waals surface area contributed by atoms with E-state index in [0.717, 1.165) is 25.3 Å². The Balaban J connectivity index is 0. The summed E-state index contributed by atoms with van der Waals surface area (Å²) in [6.07, 6.45) is -2.27. The molecule has 0 aromatic carbocycles. The summed E-state index contributed by atoms with van der Waals surface area (Å²) in [6, 6.07) is 2.07. The van der Waals surface area contributed by atoms with Crippen molar-refractivity contribution in [2.24, 2.45) is 5.92 Å². The van der Waals surface area contributed by atoms with E-state index in [9.17, 15) is 13.2 Å². The Morgan fingerprint density at radius 2 is 1.85 bits per heavy atom. The van der Waals surface area contributed by atoms with Crippen LogP contribution in [-0.2, 0) is 6.18 Å². The van der Waals surface area contributed by atoms with Crippen LogP contribution in [0.1, 0.15) is 33.0 Å². The van der Waals surface area contributed by atoms with Crippen molar-refractivity contribution in [3.63, 3.8) is 0 Å². The Morgan fingerprint density at radius 1 is 1.30 bits per heavy atom. The van der Waals surface area contributed by atoms with Crippen molar-refractivity contribution in [3.05, 3.63) is 24.2 Å². The van der Waals surface area contributed by atoms with E-state index in [2.05, 4.69) is 16.2 Å². The molecule has 1 atom stereocenters. The standard InChI is InChI=1S/C7H17NO.C5H3F3O.C2H6/c1-7(6-9)4-5-8(2)3;6-5(7,8)4-2-1-3-9-4;1-2/h7,9H,4-6H2,1-3H3;1-3H;1-2H3. The third-order valence-corrected chi connectivity index (χ3v) is 2.18. The Bertz CT molecular complexity index is 298. The normalized spacial score (nSPS) is 12.1. The number of aliphatic hydroxyl groups excluding tert-OH is 1. The van der Waals surface area contributed by atoms with E-state index in [1.54, 1.807) is 0 Å². The number of alkyl halides is 3. The third kappa shape index (κ3) is 12.0. The molecule has 1 rings (SSSR count). The molecule has 120 valence electrons. The summed E-state index contributed by atoms with van der Waals surface area (Å²) < 4.78 is 38.7. The minimum Gasteiger partial charge on any atom is -0.460 e. The molecule has 1 unspecified atom stereocenters. The average molecular weight is 297 g/mol. The van der Waals surface area contributed by atoms with Crippen molar-refractivity contribution in [1.82, 2.24) is 4.90 Å². The maximum absolute atomic E-state index is 11.5. The number of hydrogen-bond donors (Lipinski definition) is 1. The fourth-order valence-electron chi connectivity index (χ4n) is 1.01. The Labute approximate surface area is 119 Å². The molecule has 0 spiro atoms. The van der Waals surface area contributed by atoms with Gasteiger partial charge in [-0.1, -0.05) is 20.8 Å². The minimum atomic E-state index is -4.34. The molecule has 0 saturated heterocycles. The predicted molar refractivity (Wildman–Crippen MR) is 74.5 cm³/mol. The van der Waals surface area contributed by atoms with Crippen LogP contribution >= 0.6 is 0 Å². The summed E-state index contributed by atoms with van der Waals surface area (Å²) in [5.41, 5.74) is 0. The van der Waals surface area contributed by atoms with Gasteiger partial charge in [-0.25, -0.2) is 0 Å². The summed E-state index contributed by atoms with van der Waals surface area (Å²) in [5, 5.41) is 8.63. The molecule has 1 heterocycles. The van der Waals surface area contributed by atoms with Gasteiger partial charge in [0.2, 0.25) is 5.76 Å². The zero-order chi connectivity index (χ0) is 16.2. The lowest BCUT2D eigenvalue weighted by molar-refractivity contribution is -0.153. The molecular weight excluding hydrogens is 271 g/mol. The van der Waals surface area contributed by atoms with Crippen molar-refractivity contribution < 1.29 is 22.7 Å².